The van der Waals surface area contributed by atoms with Crippen LogP contribution in [0, 0.1) is 0 Å². The van der Waals surface area contributed by atoms with Crippen LogP contribution in [0.1, 0.15) is 11.5 Å². The summed E-state index contributed by atoms with van der Waals surface area (Å²) in [6, 6.07) is 9.31. The summed E-state index contributed by atoms with van der Waals surface area (Å²) in [5.41, 5.74) is 0.855. The summed E-state index contributed by atoms with van der Waals surface area (Å²) in [5.74, 6) is -1.21. The Bertz CT molecular complexity index is 301. The van der Waals surface area contributed by atoms with Gasteiger partial charge in [-0.05, 0) is 19.7 Å². The molecule has 1 atom stereocenters. The molecule has 0 bridgehead atoms. The highest BCUT2D eigenvalue weighted by atomic mass is 35.5. The van der Waals surface area contributed by atoms with Gasteiger partial charge in [-0.1, -0.05) is 30.3 Å². The SMILES string of the molecule is CN(C)CC(C(=O)O)c1ccccc1.Cl. The molecule has 0 saturated heterocycles. The van der Waals surface area contributed by atoms with Crippen LogP contribution in [0.2, 0.25) is 0 Å². The molecule has 1 unspecified atom stereocenters. The van der Waals surface area contributed by atoms with Crippen molar-refractivity contribution in [3.05, 3.63) is 35.9 Å². The number of hydrogen-bond donors (Lipinski definition) is 1. The van der Waals surface area contributed by atoms with Gasteiger partial charge in [-0.2, -0.15) is 0 Å². The fourth-order valence-electron chi connectivity index (χ4n) is 1.38. The number of aliphatic carboxylic acids is 1. The third kappa shape index (κ3) is 4.32. The summed E-state index contributed by atoms with van der Waals surface area (Å²) in [6.07, 6.45) is 0. The smallest absolute Gasteiger partial charge is 0.312 e. The maximum atomic E-state index is 11.0. The van der Waals surface area contributed by atoms with Crippen molar-refractivity contribution in [2.45, 2.75) is 5.92 Å². The standard InChI is InChI=1S/C11H15NO2.ClH/c1-12(2)8-10(11(13)14)9-6-4-3-5-7-9;/h3-7,10H,8H2,1-2H3,(H,13,14);1H. The van der Waals surface area contributed by atoms with Gasteiger partial charge >= 0.3 is 5.97 Å². The third-order valence-corrected chi connectivity index (χ3v) is 2.05. The number of rotatable bonds is 4. The molecule has 3 nitrogen and oxygen atoms in total. The molecule has 0 aliphatic heterocycles. The first kappa shape index (κ1) is 13.9. The summed E-state index contributed by atoms with van der Waals surface area (Å²) < 4.78 is 0. The van der Waals surface area contributed by atoms with Crippen molar-refractivity contribution in [3.63, 3.8) is 0 Å². The number of carboxylic acid groups (broad SMARTS) is 1. The lowest BCUT2D eigenvalue weighted by Gasteiger charge is -2.17. The molecule has 84 valence electrons. The summed E-state index contributed by atoms with van der Waals surface area (Å²) in [4.78, 5) is 12.9. The minimum Gasteiger partial charge on any atom is -0.481 e. The Balaban J connectivity index is 0.00000196. The number of halogens is 1. The second-order valence-corrected chi connectivity index (χ2v) is 3.56. The minimum absolute atomic E-state index is 0. The van der Waals surface area contributed by atoms with Gasteiger partial charge in [0.25, 0.3) is 0 Å². The van der Waals surface area contributed by atoms with Gasteiger partial charge in [0.1, 0.15) is 0 Å². The molecule has 0 heterocycles. The average Bonchev–Trinajstić information content (AvgIpc) is 2.15. The van der Waals surface area contributed by atoms with Gasteiger partial charge in [0.05, 0.1) is 5.92 Å². The van der Waals surface area contributed by atoms with E-state index in [9.17, 15) is 4.79 Å². The lowest BCUT2D eigenvalue weighted by Crippen LogP contribution is -2.25. The van der Waals surface area contributed by atoms with Crippen molar-refractivity contribution >= 4 is 18.4 Å². The maximum absolute atomic E-state index is 11.0. The third-order valence-electron chi connectivity index (χ3n) is 2.05. The molecule has 0 fully saturated rings. The lowest BCUT2D eigenvalue weighted by atomic mass is 9.99. The van der Waals surface area contributed by atoms with Crippen molar-refractivity contribution in [3.8, 4) is 0 Å². The topological polar surface area (TPSA) is 40.5 Å². The van der Waals surface area contributed by atoms with Crippen molar-refractivity contribution in [1.29, 1.82) is 0 Å². The monoisotopic (exact) mass is 229 g/mol. The molecule has 4 heteroatoms. The number of carboxylic acids is 1. The fourth-order valence-corrected chi connectivity index (χ4v) is 1.38. The zero-order valence-electron chi connectivity index (χ0n) is 8.88. The van der Waals surface area contributed by atoms with Crippen molar-refractivity contribution < 1.29 is 9.90 Å². The molecule has 0 radical (unpaired) electrons. The number of likely N-dealkylation sites (N-methyl/N-ethyl adjacent to an activating group) is 1. The molecule has 0 aliphatic carbocycles. The first-order valence-corrected chi connectivity index (χ1v) is 4.53. The van der Waals surface area contributed by atoms with Crippen LogP contribution in [0.25, 0.3) is 0 Å². The Kier molecular flexibility index (Phi) is 5.97. The maximum Gasteiger partial charge on any atom is 0.312 e. The number of nitrogens with zero attached hydrogens (tertiary/aromatic N) is 1. The van der Waals surface area contributed by atoms with Crippen LogP contribution in [0.15, 0.2) is 30.3 Å². The van der Waals surface area contributed by atoms with Gasteiger partial charge in [-0.25, -0.2) is 0 Å². The Labute approximate surface area is 96.1 Å². The molecule has 1 aromatic carbocycles. The summed E-state index contributed by atoms with van der Waals surface area (Å²) in [7, 11) is 3.75. The van der Waals surface area contributed by atoms with E-state index >= 15 is 0 Å². The first-order chi connectivity index (χ1) is 6.61. The summed E-state index contributed by atoms with van der Waals surface area (Å²) >= 11 is 0. The molecule has 0 amide bonds. The Morgan fingerprint density at radius 3 is 2.27 bits per heavy atom. The highest BCUT2D eigenvalue weighted by Gasteiger charge is 2.19. The van der Waals surface area contributed by atoms with E-state index in [1.165, 1.54) is 0 Å². The quantitative estimate of drug-likeness (QED) is 0.857. The van der Waals surface area contributed by atoms with Gasteiger partial charge in [0.2, 0.25) is 0 Å². The zero-order chi connectivity index (χ0) is 10.6. The predicted octanol–water partition coefficient (Wildman–Crippen LogP) is 1.84. The van der Waals surface area contributed by atoms with Crippen LogP contribution in [0.5, 0.6) is 0 Å². The van der Waals surface area contributed by atoms with E-state index in [1.807, 2.05) is 49.3 Å². The molecular formula is C11H16ClNO2. The predicted molar refractivity (Wildman–Crippen MR) is 62.6 cm³/mol. The van der Waals surface area contributed by atoms with E-state index in [0.717, 1.165) is 5.56 Å². The van der Waals surface area contributed by atoms with Gasteiger partial charge in [-0.3, -0.25) is 4.79 Å². The van der Waals surface area contributed by atoms with E-state index < -0.39 is 11.9 Å². The molecule has 1 N–H and O–H groups in total. The fraction of sp³-hybridized carbons (Fsp3) is 0.364. The van der Waals surface area contributed by atoms with Gasteiger partial charge in [-0.15, -0.1) is 12.4 Å². The molecule has 0 spiro atoms. The van der Waals surface area contributed by atoms with E-state index in [0.29, 0.717) is 6.54 Å². The zero-order valence-corrected chi connectivity index (χ0v) is 9.70. The van der Waals surface area contributed by atoms with E-state index in [1.54, 1.807) is 0 Å². The van der Waals surface area contributed by atoms with Gasteiger partial charge in [0.15, 0.2) is 0 Å². The Morgan fingerprint density at radius 1 is 1.33 bits per heavy atom. The average molecular weight is 230 g/mol. The minimum atomic E-state index is -0.773. The van der Waals surface area contributed by atoms with Crippen molar-refractivity contribution in [2.24, 2.45) is 0 Å². The number of carbonyl (C=O) groups is 1. The summed E-state index contributed by atoms with van der Waals surface area (Å²) in [6.45, 7) is 0.527. The van der Waals surface area contributed by atoms with E-state index in [2.05, 4.69) is 0 Å². The number of hydrogen-bond acceptors (Lipinski definition) is 2. The van der Waals surface area contributed by atoms with Crippen molar-refractivity contribution in [1.82, 2.24) is 4.90 Å². The first-order valence-electron chi connectivity index (χ1n) is 4.53. The second-order valence-electron chi connectivity index (χ2n) is 3.56. The number of benzene rings is 1. The lowest BCUT2D eigenvalue weighted by molar-refractivity contribution is -0.139. The molecule has 1 rings (SSSR count). The molecule has 0 aliphatic rings. The van der Waals surface area contributed by atoms with Gasteiger partial charge in [0, 0.05) is 6.54 Å². The van der Waals surface area contributed by atoms with Crippen LogP contribution >= 0.6 is 12.4 Å². The highest BCUT2D eigenvalue weighted by molar-refractivity contribution is 5.85. The summed E-state index contributed by atoms with van der Waals surface area (Å²) in [5, 5.41) is 9.05. The van der Waals surface area contributed by atoms with Crippen LogP contribution in [-0.2, 0) is 4.79 Å². The van der Waals surface area contributed by atoms with Crippen LogP contribution in [0.3, 0.4) is 0 Å². The van der Waals surface area contributed by atoms with E-state index in [4.69, 9.17) is 5.11 Å². The Hall–Kier alpha value is -1.06. The van der Waals surface area contributed by atoms with Gasteiger partial charge < -0.3 is 10.0 Å². The molecule has 0 saturated carbocycles. The van der Waals surface area contributed by atoms with Crippen LogP contribution in [-0.4, -0.2) is 36.6 Å². The second kappa shape index (κ2) is 6.43. The highest BCUT2D eigenvalue weighted by Crippen LogP contribution is 2.16. The van der Waals surface area contributed by atoms with Crippen LogP contribution < -0.4 is 0 Å². The molecule has 0 aromatic heterocycles. The largest absolute Gasteiger partial charge is 0.481 e. The Morgan fingerprint density at radius 2 is 1.87 bits per heavy atom. The molecular weight excluding hydrogens is 214 g/mol. The molecule has 1 aromatic rings. The molecule has 15 heavy (non-hydrogen) atoms. The van der Waals surface area contributed by atoms with Crippen LogP contribution in [0.4, 0.5) is 0 Å². The van der Waals surface area contributed by atoms with E-state index in [-0.39, 0.29) is 12.4 Å². The van der Waals surface area contributed by atoms with Crippen molar-refractivity contribution in [2.75, 3.05) is 20.6 Å². The normalized spacial score (nSPS) is 11.9.